The van der Waals surface area contributed by atoms with E-state index < -0.39 is 4.92 Å². The molecule has 0 fully saturated rings. The highest BCUT2D eigenvalue weighted by Gasteiger charge is 2.24. The number of rotatable bonds is 5. The molecule has 0 bridgehead atoms. The molecule has 0 unspecified atom stereocenters. The Kier molecular flexibility index (Phi) is 3.22. The predicted molar refractivity (Wildman–Crippen MR) is 60.9 cm³/mol. The molecule has 0 saturated heterocycles. The second-order valence-electron chi connectivity index (χ2n) is 3.56. The zero-order valence-corrected chi connectivity index (χ0v) is 9.95. The lowest BCUT2D eigenvalue weighted by molar-refractivity contribution is -0.384. The highest BCUT2D eigenvalue weighted by Crippen LogP contribution is 2.28. The molecule has 0 aliphatic carbocycles. The maximum atomic E-state index is 11.0. The van der Waals surface area contributed by atoms with E-state index in [1.54, 1.807) is 6.92 Å². The van der Waals surface area contributed by atoms with Crippen molar-refractivity contribution in [1.29, 1.82) is 0 Å². The Labute approximate surface area is 102 Å². The first-order valence-electron chi connectivity index (χ1n) is 5.34. The van der Waals surface area contributed by atoms with Crippen molar-refractivity contribution in [2.75, 3.05) is 5.32 Å². The Morgan fingerprint density at radius 3 is 2.94 bits per heavy atom. The number of aromatic nitrogens is 4. The fourth-order valence-corrected chi connectivity index (χ4v) is 1.63. The van der Waals surface area contributed by atoms with Crippen molar-refractivity contribution in [3.8, 4) is 0 Å². The summed E-state index contributed by atoms with van der Waals surface area (Å²) < 4.78 is 6.12. The van der Waals surface area contributed by atoms with Crippen LogP contribution in [-0.2, 0) is 13.1 Å². The van der Waals surface area contributed by atoms with Crippen molar-refractivity contribution in [1.82, 2.24) is 19.9 Å². The fraction of sp³-hybridized carbons (Fsp3) is 0.444. The smallest absolute Gasteiger partial charge is 0.333 e. The fourth-order valence-electron chi connectivity index (χ4n) is 1.63. The molecule has 2 heterocycles. The second kappa shape index (κ2) is 4.82. The monoisotopic (exact) mass is 252 g/mol. The highest BCUT2D eigenvalue weighted by atomic mass is 16.6. The minimum absolute atomic E-state index is 0.0275. The summed E-state index contributed by atoms with van der Waals surface area (Å²) in [6.45, 7) is 4.23. The van der Waals surface area contributed by atoms with Crippen LogP contribution < -0.4 is 5.32 Å². The van der Waals surface area contributed by atoms with Gasteiger partial charge in [0.15, 0.2) is 5.82 Å². The molecule has 2 aromatic rings. The topological polar surface area (TPSA) is 112 Å². The summed E-state index contributed by atoms with van der Waals surface area (Å²) in [6.07, 6.45) is 1.20. The Morgan fingerprint density at radius 1 is 1.61 bits per heavy atom. The Bertz CT molecular complexity index is 547. The first-order chi connectivity index (χ1) is 8.63. The van der Waals surface area contributed by atoms with E-state index >= 15 is 0 Å². The molecule has 0 aliphatic heterocycles. The summed E-state index contributed by atoms with van der Waals surface area (Å²) in [5.41, 5.74) is 0.345. The lowest BCUT2D eigenvalue weighted by Gasteiger charge is -2.04. The number of nitro groups is 1. The van der Waals surface area contributed by atoms with E-state index in [0.717, 1.165) is 0 Å². The molecule has 1 N–H and O–H groups in total. The number of nitrogens with zero attached hydrogens (tertiary/aromatic N) is 5. The zero-order valence-electron chi connectivity index (χ0n) is 9.95. The number of aryl methyl sites for hydroxylation is 2. The van der Waals surface area contributed by atoms with Crippen LogP contribution in [0.15, 0.2) is 10.9 Å². The van der Waals surface area contributed by atoms with Crippen LogP contribution in [0, 0.1) is 17.0 Å². The van der Waals surface area contributed by atoms with Gasteiger partial charge in [-0.2, -0.15) is 10.1 Å². The molecule has 18 heavy (non-hydrogen) atoms. The first kappa shape index (κ1) is 12.0. The first-order valence-corrected chi connectivity index (χ1v) is 5.34. The van der Waals surface area contributed by atoms with Gasteiger partial charge < -0.3 is 9.84 Å². The van der Waals surface area contributed by atoms with Gasteiger partial charge >= 0.3 is 5.69 Å². The summed E-state index contributed by atoms with van der Waals surface area (Å²) in [5.74, 6) is 0.774. The molecule has 2 aromatic heterocycles. The van der Waals surface area contributed by atoms with Crippen LogP contribution in [0.4, 0.5) is 11.5 Å². The summed E-state index contributed by atoms with van der Waals surface area (Å²) in [5, 5.41) is 21.6. The van der Waals surface area contributed by atoms with E-state index in [0.29, 0.717) is 23.9 Å². The van der Waals surface area contributed by atoms with Gasteiger partial charge in [0, 0.05) is 6.54 Å². The molecule has 2 rings (SSSR count). The average Bonchev–Trinajstić information content (AvgIpc) is 2.92. The summed E-state index contributed by atoms with van der Waals surface area (Å²) >= 11 is 0. The van der Waals surface area contributed by atoms with Gasteiger partial charge in [-0.25, -0.2) is 4.68 Å². The minimum Gasteiger partial charge on any atom is -0.357 e. The summed E-state index contributed by atoms with van der Waals surface area (Å²) in [7, 11) is 0. The lowest BCUT2D eigenvalue weighted by Crippen LogP contribution is -2.09. The maximum Gasteiger partial charge on any atom is 0.333 e. The van der Waals surface area contributed by atoms with Gasteiger partial charge in [-0.05, 0) is 13.8 Å². The summed E-state index contributed by atoms with van der Waals surface area (Å²) in [4.78, 5) is 14.4. The van der Waals surface area contributed by atoms with Crippen molar-refractivity contribution in [3.63, 3.8) is 0 Å². The van der Waals surface area contributed by atoms with Crippen LogP contribution in [0.2, 0.25) is 0 Å². The van der Waals surface area contributed by atoms with Crippen LogP contribution in [0.25, 0.3) is 0 Å². The van der Waals surface area contributed by atoms with E-state index in [1.165, 1.54) is 11.1 Å². The third-order valence-corrected chi connectivity index (χ3v) is 2.40. The number of hydrogen-bond acceptors (Lipinski definition) is 7. The van der Waals surface area contributed by atoms with Crippen LogP contribution in [0.5, 0.6) is 0 Å². The van der Waals surface area contributed by atoms with Gasteiger partial charge in [-0.3, -0.25) is 10.1 Å². The number of hydrogen-bond donors (Lipinski definition) is 1. The van der Waals surface area contributed by atoms with Crippen molar-refractivity contribution < 1.29 is 9.45 Å². The van der Waals surface area contributed by atoms with Gasteiger partial charge in [0.1, 0.15) is 5.69 Å². The molecule has 9 heteroatoms. The van der Waals surface area contributed by atoms with Crippen LogP contribution in [-0.4, -0.2) is 24.8 Å². The Morgan fingerprint density at radius 2 is 2.39 bits per heavy atom. The van der Waals surface area contributed by atoms with E-state index in [9.17, 15) is 10.1 Å². The third kappa shape index (κ3) is 2.14. The van der Waals surface area contributed by atoms with E-state index in [2.05, 4.69) is 25.1 Å². The van der Waals surface area contributed by atoms with E-state index in [1.807, 2.05) is 6.92 Å². The Balaban J connectivity index is 2.27. The third-order valence-electron chi connectivity index (χ3n) is 2.40. The highest BCUT2D eigenvalue weighted by molar-refractivity contribution is 5.59. The largest absolute Gasteiger partial charge is 0.357 e. The molecule has 0 radical (unpaired) electrons. The van der Waals surface area contributed by atoms with E-state index in [4.69, 9.17) is 0 Å². The molecule has 0 spiro atoms. The van der Waals surface area contributed by atoms with E-state index in [-0.39, 0.29) is 12.2 Å². The predicted octanol–water partition coefficient (Wildman–Crippen LogP) is 1.11. The Hall–Kier alpha value is -2.45. The van der Waals surface area contributed by atoms with Crippen molar-refractivity contribution in [3.05, 3.63) is 28.0 Å². The molecule has 96 valence electrons. The van der Waals surface area contributed by atoms with Crippen molar-refractivity contribution in [2.24, 2.45) is 0 Å². The van der Waals surface area contributed by atoms with Crippen LogP contribution >= 0.6 is 0 Å². The van der Waals surface area contributed by atoms with Crippen LogP contribution in [0.1, 0.15) is 18.4 Å². The van der Waals surface area contributed by atoms with Gasteiger partial charge in [-0.15, -0.1) is 0 Å². The van der Waals surface area contributed by atoms with Gasteiger partial charge in [0.25, 0.3) is 0 Å². The standard InChI is InChI=1S/C9H12N6O3/c1-3-14-9(8(15(16)17)6(2)12-14)10-4-7-11-5-18-13-7/h5,10H,3-4H2,1-2H3. The normalized spacial score (nSPS) is 10.6. The molecule has 0 aliphatic rings. The minimum atomic E-state index is -0.451. The lowest BCUT2D eigenvalue weighted by atomic mass is 10.4. The summed E-state index contributed by atoms with van der Waals surface area (Å²) in [6, 6.07) is 0. The van der Waals surface area contributed by atoms with Gasteiger partial charge in [0.2, 0.25) is 12.2 Å². The molecular formula is C9H12N6O3. The number of anilines is 1. The van der Waals surface area contributed by atoms with Gasteiger partial charge in [-0.1, -0.05) is 5.16 Å². The average molecular weight is 252 g/mol. The maximum absolute atomic E-state index is 11.0. The molecular weight excluding hydrogens is 240 g/mol. The number of nitrogens with one attached hydrogen (secondary N) is 1. The quantitative estimate of drug-likeness (QED) is 0.626. The zero-order chi connectivity index (χ0) is 13.1. The second-order valence-corrected chi connectivity index (χ2v) is 3.56. The molecule has 0 saturated carbocycles. The van der Waals surface area contributed by atoms with Crippen molar-refractivity contribution in [2.45, 2.75) is 26.9 Å². The van der Waals surface area contributed by atoms with Crippen LogP contribution in [0.3, 0.4) is 0 Å². The SMILES string of the molecule is CCn1nc(C)c([N+](=O)[O-])c1NCc1ncon1. The molecule has 0 aromatic carbocycles. The van der Waals surface area contributed by atoms with Gasteiger partial charge in [0.05, 0.1) is 11.5 Å². The molecule has 0 atom stereocenters. The van der Waals surface area contributed by atoms with Crippen molar-refractivity contribution >= 4 is 11.5 Å². The molecule has 9 nitrogen and oxygen atoms in total. The molecule has 0 amide bonds.